The molecule has 6 heteroatoms. The first-order chi connectivity index (χ1) is 11.2. The van der Waals surface area contributed by atoms with Crippen molar-refractivity contribution in [1.82, 2.24) is 10.2 Å². The van der Waals surface area contributed by atoms with Crippen LogP contribution in [-0.4, -0.2) is 43.2 Å². The van der Waals surface area contributed by atoms with E-state index in [4.69, 9.17) is 9.15 Å². The van der Waals surface area contributed by atoms with Crippen LogP contribution in [0.3, 0.4) is 0 Å². The molecule has 0 unspecified atom stereocenters. The third kappa shape index (κ3) is 4.67. The third-order valence-corrected chi connectivity index (χ3v) is 4.63. The smallest absolute Gasteiger partial charge is 0.254 e. The first-order valence-corrected chi connectivity index (χ1v) is 8.84. The highest BCUT2D eigenvalue weighted by Crippen LogP contribution is 2.13. The lowest BCUT2D eigenvalue weighted by molar-refractivity contribution is 0.0313. The van der Waals surface area contributed by atoms with E-state index < -0.39 is 0 Å². The molecule has 1 aliphatic rings. The fourth-order valence-corrected chi connectivity index (χ4v) is 3.36. The zero-order chi connectivity index (χ0) is 16.1. The number of nitrogens with one attached hydrogen (secondary N) is 1. The molecule has 3 heterocycles. The van der Waals surface area contributed by atoms with E-state index in [1.54, 1.807) is 17.6 Å². The molecule has 0 bridgehead atoms. The fraction of sp³-hybridized carbons (Fsp3) is 0.471. The maximum Gasteiger partial charge on any atom is 0.254 e. The normalized spacial score (nSPS) is 17.1. The Hall–Kier alpha value is -1.63. The summed E-state index contributed by atoms with van der Waals surface area (Å²) in [6.45, 7) is 6.06. The van der Waals surface area contributed by atoms with Crippen molar-refractivity contribution in [2.45, 2.75) is 25.9 Å². The van der Waals surface area contributed by atoms with Gasteiger partial charge in [-0.2, -0.15) is 11.3 Å². The van der Waals surface area contributed by atoms with Gasteiger partial charge in [-0.1, -0.05) is 0 Å². The van der Waals surface area contributed by atoms with Gasteiger partial charge >= 0.3 is 0 Å². The van der Waals surface area contributed by atoms with Crippen LogP contribution in [0.5, 0.6) is 0 Å². The molecule has 1 atom stereocenters. The summed E-state index contributed by atoms with van der Waals surface area (Å²) < 4.78 is 10.9. The van der Waals surface area contributed by atoms with Gasteiger partial charge in [-0.15, -0.1) is 0 Å². The van der Waals surface area contributed by atoms with Crippen molar-refractivity contribution in [3.63, 3.8) is 0 Å². The monoisotopic (exact) mass is 334 g/mol. The van der Waals surface area contributed by atoms with Crippen molar-refractivity contribution < 1.29 is 13.9 Å². The zero-order valence-corrected chi connectivity index (χ0v) is 14.1. The molecule has 1 saturated heterocycles. The molecule has 0 aromatic carbocycles. The Balaban J connectivity index is 1.51. The number of nitrogens with zero attached hydrogens (tertiary/aromatic N) is 1. The molecule has 23 heavy (non-hydrogen) atoms. The van der Waals surface area contributed by atoms with Crippen molar-refractivity contribution >= 4 is 17.2 Å². The topological polar surface area (TPSA) is 54.7 Å². The van der Waals surface area contributed by atoms with E-state index >= 15 is 0 Å². The lowest BCUT2D eigenvalue weighted by Gasteiger charge is -2.25. The summed E-state index contributed by atoms with van der Waals surface area (Å²) in [6, 6.07) is 4.02. The molecular weight excluding hydrogens is 312 g/mol. The lowest BCUT2D eigenvalue weighted by Crippen LogP contribution is -2.35. The summed E-state index contributed by atoms with van der Waals surface area (Å²) in [7, 11) is 0. The van der Waals surface area contributed by atoms with Crippen molar-refractivity contribution in [2.24, 2.45) is 0 Å². The average Bonchev–Trinajstić information content (AvgIpc) is 3.20. The summed E-state index contributed by atoms with van der Waals surface area (Å²) in [5, 5.41) is 7.19. The second-order valence-corrected chi connectivity index (χ2v) is 6.68. The van der Waals surface area contributed by atoms with Crippen molar-refractivity contribution in [2.75, 3.05) is 26.3 Å². The standard InChI is InChI=1S/C17H22N2O3S/c1-13(8-14-2-7-23-12-14)18-17(20)15-9-16(22-11-15)10-19-3-5-21-6-4-19/h2,7,9,11-13H,3-6,8,10H2,1H3,(H,18,20)/t13-/m1/s1. The molecule has 0 radical (unpaired) electrons. The van der Waals surface area contributed by atoms with E-state index in [2.05, 4.69) is 27.0 Å². The summed E-state index contributed by atoms with van der Waals surface area (Å²) in [5.74, 6) is 0.743. The summed E-state index contributed by atoms with van der Waals surface area (Å²) in [6.07, 6.45) is 2.39. The highest BCUT2D eigenvalue weighted by molar-refractivity contribution is 7.07. The van der Waals surface area contributed by atoms with E-state index in [1.165, 1.54) is 5.56 Å². The number of hydrogen-bond acceptors (Lipinski definition) is 5. The Bertz CT molecular complexity index is 618. The van der Waals surface area contributed by atoms with Gasteiger partial charge in [0.25, 0.3) is 5.91 Å². The van der Waals surface area contributed by atoms with Crippen LogP contribution in [-0.2, 0) is 17.7 Å². The number of ether oxygens (including phenoxy) is 1. The number of rotatable bonds is 6. The molecule has 1 aliphatic heterocycles. The molecule has 3 rings (SSSR count). The van der Waals surface area contributed by atoms with Crippen molar-refractivity contribution in [3.05, 3.63) is 46.0 Å². The average molecular weight is 334 g/mol. The maximum atomic E-state index is 12.3. The van der Waals surface area contributed by atoms with E-state index in [0.29, 0.717) is 5.56 Å². The minimum atomic E-state index is -0.0790. The number of hydrogen-bond donors (Lipinski definition) is 1. The van der Waals surface area contributed by atoms with Gasteiger partial charge in [0, 0.05) is 19.1 Å². The summed E-state index contributed by atoms with van der Waals surface area (Å²) >= 11 is 1.68. The Labute approximate surface area is 140 Å². The number of carbonyl (C=O) groups excluding carboxylic acids is 1. The van der Waals surface area contributed by atoms with Gasteiger partial charge in [0.05, 0.1) is 25.3 Å². The largest absolute Gasteiger partial charge is 0.467 e. The van der Waals surface area contributed by atoms with Gasteiger partial charge in [-0.25, -0.2) is 0 Å². The molecule has 124 valence electrons. The molecule has 0 spiro atoms. The van der Waals surface area contributed by atoms with Gasteiger partial charge in [0.15, 0.2) is 0 Å². The van der Waals surface area contributed by atoms with Crippen molar-refractivity contribution in [3.8, 4) is 0 Å². The molecule has 5 nitrogen and oxygen atoms in total. The number of morpholine rings is 1. The van der Waals surface area contributed by atoms with Crippen LogP contribution in [0.25, 0.3) is 0 Å². The fourth-order valence-electron chi connectivity index (χ4n) is 2.68. The molecular formula is C17H22N2O3S. The highest BCUT2D eigenvalue weighted by atomic mass is 32.1. The van der Waals surface area contributed by atoms with Crippen molar-refractivity contribution in [1.29, 1.82) is 0 Å². The lowest BCUT2D eigenvalue weighted by atomic mass is 10.1. The highest BCUT2D eigenvalue weighted by Gasteiger charge is 2.16. The maximum absolute atomic E-state index is 12.3. The Morgan fingerprint density at radius 1 is 1.43 bits per heavy atom. The van der Waals surface area contributed by atoms with Crippen LogP contribution in [0.2, 0.25) is 0 Å². The van der Waals surface area contributed by atoms with Gasteiger partial charge in [0.1, 0.15) is 12.0 Å². The van der Waals surface area contributed by atoms with E-state index in [1.807, 2.05) is 13.0 Å². The zero-order valence-electron chi connectivity index (χ0n) is 13.3. The first-order valence-electron chi connectivity index (χ1n) is 7.90. The molecule has 1 N–H and O–H groups in total. The molecule has 1 amide bonds. The van der Waals surface area contributed by atoms with Gasteiger partial charge < -0.3 is 14.5 Å². The Morgan fingerprint density at radius 2 is 2.26 bits per heavy atom. The summed E-state index contributed by atoms with van der Waals surface area (Å²) in [4.78, 5) is 14.6. The van der Waals surface area contributed by atoms with Crippen LogP contribution in [0, 0.1) is 0 Å². The van der Waals surface area contributed by atoms with Gasteiger partial charge in [-0.3, -0.25) is 9.69 Å². The van der Waals surface area contributed by atoms with Crippen LogP contribution in [0.15, 0.2) is 33.6 Å². The third-order valence-electron chi connectivity index (χ3n) is 3.90. The number of amides is 1. The van der Waals surface area contributed by atoms with Gasteiger partial charge in [0.2, 0.25) is 0 Å². The second-order valence-electron chi connectivity index (χ2n) is 5.90. The number of thiophene rings is 1. The minimum Gasteiger partial charge on any atom is -0.467 e. The predicted octanol–water partition coefficient (Wildman–Crippen LogP) is 2.53. The predicted molar refractivity (Wildman–Crippen MR) is 89.8 cm³/mol. The van der Waals surface area contributed by atoms with Crippen LogP contribution < -0.4 is 5.32 Å². The molecule has 1 fully saturated rings. The Morgan fingerprint density at radius 3 is 3.00 bits per heavy atom. The van der Waals surface area contributed by atoms with Crippen LogP contribution in [0.1, 0.15) is 28.6 Å². The van der Waals surface area contributed by atoms with E-state index in [0.717, 1.165) is 45.0 Å². The molecule has 2 aromatic rings. The number of furan rings is 1. The van der Waals surface area contributed by atoms with Gasteiger partial charge in [-0.05, 0) is 41.8 Å². The molecule has 0 saturated carbocycles. The Kier molecular flexibility index (Phi) is 5.48. The SMILES string of the molecule is C[C@H](Cc1ccsc1)NC(=O)c1coc(CN2CCOCC2)c1. The molecule has 2 aromatic heterocycles. The first kappa shape index (κ1) is 16.2. The van der Waals surface area contributed by atoms with E-state index in [9.17, 15) is 4.79 Å². The van der Waals surface area contributed by atoms with Crippen LogP contribution >= 0.6 is 11.3 Å². The second kappa shape index (κ2) is 7.77. The minimum absolute atomic E-state index is 0.0790. The number of carbonyl (C=O) groups is 1. The van der Waals surface area contributed by atoms with E-state index in [-0.39, 0.29) is 11.9 Å². The molecule has 0 aliphatic carbocycles. The summed E-state index contributed by atoms with van der Waals surface area (Å²) in [5.41, 5.74) is 1.84. The quantitative estimate of drug-likeness (QED) is 0.882. The van der Waals surface area contributed by atoms with Crippen LogP contribution in [0.4, 0.5) is 0 Å².